The first-order valence-corrected chi connectivity index (χ1v) is 12.7. The van der Waals surface area contributed by atoms with Crippen molar-refractivity contribution in [2.75, 3.05) is 13.2 Å². The molecule has 0 aliphatic heterocycles. The molecule has 0 saturated heterocycles. The molecule has 3 rings (SSSR count). The minimum Gasteiger partial charge on any atom is -0.426 e. The first-order valence-electron chi connectivity index (χ1n) is 12.7. The van der Waals surface area contributed by atoms with E-state index in [0.717, 1.165) is 57.8 Å². The summed E-state index contributed by atoms with van der Waals surface area (Å²) in [5.41, 5.74) is -0.0594. The highest BCUT2D eigenvalue weighted by molar-refractivity contribution is 5.75. The average molecular weight is 460 g/mol. The van der Waals surface area contributed by atoms with Crippen LogP contribution in [0.15, 0.2) is 18.2 Å². The van der Waals surface area contributed by atoms with E-state index in [1.54, 1.807) is 6.07 Å². The third-order valence-electron chi connectivity index (χ3n) is 7.00. The maximum absolute atomic E-state index is 13.7. The summed E-state index contributed by atoms with van der Waals surface area (Å²) in [6.07, 6.45) is 13.4. The molecule has 0 bridgehead atoms. The number of carbonyl (C=O) groups excluding carboxylic acids is 1. The summed E-state index contributed by atoms with van der Waals surface area (Å²) in [7, 11) is 0. The van der Waals surface area contributed by atoms with Crippen LogP contribution in [-0.2, 0) is 14.3 Å². The number of benzene rings is 1. The Labute approximate surface area is 197 Å². The zero-order valence-corrected chi connectivity index (χ0v) is 19.9. The molecule has 0 aromatic heterocycles. The third kappa shape index (κ3) is 8.39. The number of nitrogens with zero attached hydrogens (tertiary/aromatic N) is 1. The zero-order chi connectivity index (χ0) is 23.5. The fourth-order valence-corrected chi connectivity index (χ4v) is 4.83. The van der Waals surface area contributed by atoms with Gasteiger partial charge in [-0.15, -0.1) is 0 Å². The number of hydrogen-bond acceptors (Lipinski definition) is 5. The van der Waals surface area contributed by atoms with Crippen molar-refractivity contribution in [3.05, 3.63) is 29.6 Å². The molecule has 33 heavy (non-hydrogen) atoms. The van der Waals surface area contributed by atoms with Gasteiger partial charge in [-0.1, -0.05) is 26.2 Å². The van der Waals surface area contributed by atoms with Gasteiger partial charge in [0.2, 0.25) is 0 Å². The molecule has 1 aromatic rings. The van der Waals surface area contributed by atoms with E-state index >= 15 is 0 Å². The molecule has 0 N–H and O–H groups in total. The SMILES string of the molecule is CCCCCCO[C@H]1CC[C@H](CO[C@H]2CC[C@H](C(=O)Oc3ccc(C#N)c(F)c3)CC2)CC1. The smallest absolute Gasteiger partial charge is 0.314 e. The summed E-state index contributed by atoms with van der Waals surface area (Å²) < 4.78 is 31.3. The van der Waals surface area contributed by atoms with Crippen molar-refractivity contribution in [2.45, 2.75) is 96.2 Å². The predicted octanol–water partition coefficient (Wildman–Crippen LogP) is 6.33. The van der Waals surface area contributed by atoms with Crippen LogP contribution < -0.4 is 4.74 Å². The van der Waals surface area contributed by atoms with Crippen molar-refractivity contribution in [3.8, 4) is 11.8 Å². The van der Waals surface area contributed by atoms with Crippen molar-refractivity contribution < 1.29 is 23.4 Å². The predicted molar refractivity (Wildman–Crippen MR) is 124 cm³/mol. The van der Waals surface area contributed by atoms with Gasteiger partial charge in [-0.05, 0) is 75.8 Å². The molecule has 2 aliphatic carbocycles. The van der Waals surface area contributed by atoms with Crippen LogP contribution in [-0.4, -0.2) is 31.4 Å². The Kier molecular flexibility index (Phi) is 10.6. The molecule has 6 heteroatoms. The van der Waals surface area contributed by atoms with E-state index in [0.29, 0.717) is 12.0 Å². The van der Waals surface area contributed by atoms with Crippen molar-refractivity contribution in [1.82, 2.24) is 0 Å². The summed E-state index contributed by atoms with van der Waals surface area (Å²) in [6.45, 7) is 3.93. The van der Waals surface area contributed by atoms with Crippen LogP contribution in [0, 0.1) is 29.0 Å². The highest BCUT2D eigenvalue weighted by Crippen LogP contribution is 2.31. The van der Waals surface area contributed by atoms with Gasteiger partial charge < -0.3 is 14.2 Å². The van der Waals surface area contributed by atoms with E-state index in [4.69, 9.17) is 19.5 Å². The Morgan fingerprint density at radius 2 is 1.70 bits per heavy atom. The van der Waals surface area contributed by atoms with E-state index in [2.05, 4.69) is 6.92 Å². The topological polar surface area (TPSA) is 68.6 Å². The Balaban J connectivity index is 1.28. The molecular weight excluding hydrogens is 421 g/mol. The van der Waals surface area contributed by atoms with Gasteiger partial charge in [0, 0.05) is 19.3 Å². The van der Waals surface area contributed by atoms with Crippen LogP contribution in [0.25, 0.3) is 0 Å². The van der Waals surface area contributed by atoms with Gasteiger partial charge in [0.1, 0.15) is 17.6 Å². The minimum atomic E-state index is -0.674. The summed E-state index contributed by atoms with van der Waals surface area (Å²) in [4.78, 5) is 12.4. The summed E-state index contributed by atoms with van der Waals surface area (Å²) in [6, 6.07) is 5.64. The molecule has 0 heterocycles. The van der Waals surface area contributed by atoms with Crippen molar-refractivity contribution in [2.24, 2.45) is 11.8 Å². The standard InChI is InChI=1S/C27H38FNO4/c1-2-3-4-5-16-31-23-11-6-20(7-12-23)19-32-24-13-8-21(9-14-24)27(30)33-25-15-10-22(18-29)26(28)17-25/h10,15,17,20-21,23-24H,2-9,11-14,16,19H2,1H3/t20-,21-,23-,24-. The van der Waals surface area contributed by atoms with Gasteiger partial charge in [-0.3, -0.25) is 4.79 Å². The molecule has 0 amide bonds. The summed E-state index contributed by atoms with van der Waals surface area (Å²) >= 11 is 0. The van der Waals surface area contributed by atoms with Crippen LogP contribution in [0.5, 0.6) is 5.75 Å². The number of rotatable bonds is 11. The second kappa shape index (κ2) is 13.7. The van der Waals surface area contributed by atoms with Crippen LogP contribution >= 0.6 is 0 Å². The normalized spacial score (nSPS) is 25.4. The van der Waals surface area contributed by atoms with Crippen molar-refractivity contribution >= 4 is 5.97 Å². The number of esters is 1. The van der Waals surface area contributed by atoms with Crippen LogP contribution in [0.2, 0.25) is 0 Å². The van der Waals surface area contributed by atoms with E-state index in [1.165, 1.54) is 50.7 Å². The summed E-state index contributed by atoms with van der Waals surface area (Å²) in [5.74, 6) is -0.430. The van der Waals surface area contributed by atoms with Crippen LogP contribution in [0.3, 0.4) is 0 Å². The van der Waals surface area contributed by atoms with E-state index in [1.807, 2.05) is 0 Å². The average Bonchev–Trinajstić information content (AvgIpc) is 2.84. The molecule has 5 nitrogen and oxygen atoms in total. The quantitative estimate of drug-likeness (QED) is 0.220. The maximum Gasteiger partial charge on any atom is 0.314 e. The van der Waals surface area contributed by atoms with Gasteiger partial charge in [-0.25, -0.2) is 4.39 Å². The van der Waals surface area contributed by atoms with Gasteiger partial charge in [0.25, 0.3) is 0 Å². The number of carbonyl (C=O) groups is 1. The Morgan fingerprint density at radius 1 is 1.00 bits per heavy atom. The van der Waals surface area contributed by atoms with E-state index < -0.39 is 5.82 Å². The molecule has 182 valence electrons. The Hall–Kier alpha value is -1.97. The highest BCUT2D eigenvalue weighted by atomic mass is 19.1. The van der Waals surface area contributed by atoms with Crippen LogP contribution in [0.1, 0.15) is 89.5 Å². The molecule has 2 saturated carbocycles. The van der Waals surface area contributed by atoms with Gasteiger partial charge >= 0.3 is 5.97 Å². The Morgan fingerprint density at radius 3 is 2.36 bits per heavy atom. The summed E-state index contributed by atoms with van der Waals surface area (Å²) in [5, 5.41) is 8.80. The second-order valence-corrected chi connectivity index (χ2v) is 9.56. The number of halogens is 1. The number of nitriles is 1. The first-order chi connectivity index (χ1) is 16.1. The number of ether oxygens (including phenoxy) is 3. The number of hydrogen-bond donors (Lipinski definition) is 0. The highest BCUT2D eigenvalue weighted by Gasteiger charge is 2.29. The zero-order valence-electron chi connectivity index (χ0n) is 19.9. The fraction of sp³-hybridized carbons (Fsp3) is 0.704. The van der Waals surface area contributed by atoms with Crippen molar-refractivity contribution in [1.29, 1.82) is 5.26 Å². The number of unbranched alkanes of at least 4 members (excludes halogenated alkanes) is 3. The molecule has 2 aliphatic rings. The van der Waals surface area contributed by atoms with Gasteiger partial charge in [0.15, 0.2) is 0 Å². The Bertz CT molecular complexity index is 777. The van der Waals surface area contributed by atoms with E-state index in [-0.39, 0.29) is 29.3 Å². The lowest BCUT2D eigenvalue weighted by molar-refractivity contribution is -0.141. The molecule has 1 aromatic carbocycles. The second-order valence-electron chi connectivity index (χ2n) is 9.56. The molecule has 0 unspecified atom stereocenters. The maximum atomic E-state index is 13.7. The molecule has 0 radical (unpaired) electrons. The lowest BCUT2D eigenvalue weighted by Gasteiger charge is -2.31. The van der Waals surface area contributed by atoms with Gasteiger partial charge in [0.05, 0.1) is 23.7 Å². The lowest BCUT2D eigenvalue weighted by atomic mass is 9.86. The van der Waals surface area contributed by atoms with Gasteiger partial charge in [-0.2, -0.15) is 5.26 Å². The largest absolute Gasteiger partial charge is 0.426 e. The minimum absolute atomic E-state index is 0.0594. The lowest BCUT2D eigenvalue weighted by Crippen LogP contribution is -2.31. The van der Waals surface area contributed by atoms with Crippen molar-refractivity contribution in [3.63, 3.8) is 0 Å². The first kappa shape index (κ1) is 25.6. The van der Waals surface area contributed by atoms with E-state index in [9.17, 15) is 9.18 Å². The molecule has 2 fully saturated rings. The molecular formula is C27H38FNO4. The molecule has 0 spiro atoms. The monoisotopic (exact) mass is 459 g/mol. The fourth-order valence-electron chi connectivity index (χ4n) is 4.83. The molecule has 0 atom stereocenters. The van der Waals surface area contributed by atoms with Crippen LogP contribution in [0.4, 0.5) is 4.39 Å². The third-order valence-corrected chi connectivity index (χ3v) is 7.00.